The van der Waals surface area contributed by atoms with Gasteiger partial charge in [-0.15, -0.1) is 0 Å². The highest BCUT2D eigenvalue weighted by Gasteiger charge is 2.28. The molecule has 2 aromatic heterocycles. The Morgan fingerprint density at radius 1 is 0.951 bits per heavy atom. The number of nitrogens with one attached hydrogen (secondary N) is 1. The van der Waals surface area contributed by atoms with Crippen LogP contribution in [0.1, 0.15) is 57.6 Å². The zero-order valence-corrected chi connectivity index (χ0v) is 25.0. The number of benzene rings is 1. The number of pyridine rings is 1. The zero-order chi connectivity index (χ0) is 28.3. The number of fused-ring (bicyclic) bond motifs is 1. The molecule has 4 heterocycles. The molecule has 6 rings (SSSR count). The Bertz CT molecular complexity index is 1340. The summed E-state index contributed by atoms with van der Waals surface area (Å²) in [6.07, 6.45) is 11.4. The number of nitrogens with zero attached hydrogens (tertiary/aromatic N) is 6. The molecule has 9 nitrogen and oxygen atoms in total. The number of aromatic nitrogens is 3. The van der Waals surface area contributed by atoms with Crippen LogP contribution in [0.15, 0.2) is 24.4 Å². The van der Waals surface area contributed by atoms with E-state index in [-0.39, 0.29) is 0 Å². The second kappa shape index (κ2) is 12.4. The second-order valence-electron chi connectivity index (χ2n) is 12.1. The molecule has 2 saturated heterocycles. The minimum Gasteiger partial charge on any atom is -0.495 e. The molecule has 0 spiro atoms. The van der Waals surface area contributed by atoms with Crippen molar-refractivity contribution in [3.63, 3.8) is 0 Å². The molecule has 3 fully saturated rings. The molecule has 3 aliphatic rings. The van der Waals surface area contributed by atoms with Crippen LogP contribution < -0.4 is 20.7 Å². The zero-order valence-electron chi connectivity index (χ0n) is 25.0. The summed E-state index contributed by atoms with van der Waals surface area (Å²) in [6.45, 7) is 8.74. The quantitative estimate of drug-likeness (QED) is 0.424. The molecule has 0 amide bonds. The maximum absolute atomic E-state index is 6.34. The molecule has 2 aliphatic heterocycles. The number of anilines is 3. The third kappa shape index (κ3) is 5.93. The van der Waals surface area contributed by atoms with E-state index in [0.717, 1.165) is 78.2 Å². The lowest BCUT2D eigenvalue weighted by Gasteiger charge is -2.43. The van der Waals surface area contributed by atoms with Crippen molar-refractivity contribution in [3.8, 4) is 16.9 Å². The average Bonchev–Trinajstić information content (AvgIpc) is 3.02. The fourth-order valence-electron chi connectivity index (χ4n) is 6.90. The van der Waals surface area contributed by atoms with E-state index in [2.05, 4.69) is 57.2 Å². The largest absolute Gasteiger partial charge is 0.495 e. The number of methoxy groups -OCH3 is 1. The van der Waals surface area contributed by atoms with Crippen LogP contribution in [-0.4, -0.2) is 90.3 Å². The van der Waals surface area contributed by atoms with Crippen LogP contribution in [0.2, 0.25) is 0 Å². The van der Waals surface area contributed by atoms with Gasteiger partial charge in [-0.05, 0) is 69.9 Å². The number of piperidine rings is 1. The van der Waals surface area contributed by atoms with Crippen LogP contribution in [0.5, 0.6) is 5.75 Å². The molecule has 1 aromatic carbocycles. The number of piperazine rings is 1. The van der Waals surface area contributed by atoms with Crippen molar-refractivity contribution in [2.45, 2.75) is 70.4 Å². The van der Waals surface area contributed by atoms with Gasteiger partial charge in [0.2, 0.25) is 0 Å². The molecule has 3 N–H and O–H groups in total. The summed E-state index contributed by atoms with van der Waals surface area (Å²) in [5.41, 5.74) is 11.8. The van der Waals surface area contributed by atoms with Crippen LogP contribution in [0, 0.1) is 0 Å². The van der Waals surface area contributed by atoms with Crippen LogP contribution in [-0.2, 0) is 6.42 Å². The minimum atomic E-state index is 0.418. The number of hydrogen-bond donors (Lipinski definition) is 2. The van der Waals surface area contributed by atoms with E-state index in [4.69, 9.17) is 20.4 Å². The predicted molar refractivity (Wildman–Crippen MR) is 168 cm³/mol. The van der Waals surface area contributed by atoms with Crippen molar-refractivity contribution >= 4 is 28.4 Å². The Balaban J connectivity index is 1.26. The summed E-state index contributed by atoms with van der Waals surface area (Å²) in [4.78, 5) is 22.2. The first-order valence-corrected chi connectivity index (χ1v) is 15.6. The normalized spacial score (nSPS) is 20.0. The number of hydrogen-bond acceptors (Lipinski definition) is 9. The van der Waals surface area contributed by atoms with Gasteiger partial charge in [0, 0.05) is 50.0 Å². The Hall–Kier alpha value is -3.17. The number of rotatable bonds is 7. The summed E-state index contributed by atoms with van der Waals surface area (Å²) < 4.78 is 5.96. The maximum atomic E-state index is 6.34. The Morgan fingerprint density at radius 2 is 1.71 bits per heavy atom. The molecule has 0 radical (unpaired) electrons. The first kappa shape index (κ1) is 28.0. The average molecular weight is 559 g/mol. The van der Waals surface area contributed by atoms with Gasteiger partial charge in [-0.25, -0.2) is 15.0 Å². The fraction of sp³-hybridized carbons (Fsp3) is 0.594. The SMILES string of the molecule is CCc1nc2c(N)ncc(-c3ccc(N4CCN(C5CCN(C)CC5)CC4)c(OC)c3)c2nc1NC1CCCCC1. The van der Waals surface area contributed by atoms with Crippen molar-refractivity contribution in [1.29, 1.82) is 0 Å². The van der Waals surface area contributed by atoms with Crippen LogP contribution in [0.3, 0.4) is 0 Å². The highest BCUT2D eigenvalue weighted by atomic mass is 16.5. The van der Waals surface area contributed by atoms with Gasteiger partial charge in [0.05, 0.1) is 18.5 Å². The number of nitrogen functional groups attached to an aromatic ring is 1. The van der Waals surface area contributed by atoms with Crippen LogP contribution in [0.4, 0.5) is 17.3 Å². The first-order valence-electron chi connectivity index (χ1n) is 15.6. The molecular weight excluding hydrogens is 512 g/mol. The fourth-order valence-corrected chi connectivity index (χ4v) is 6.90. The molecule has 0 bridgehead atoms. The monoisotopic (exact) mass is 558 g/mol. The minimum absolute atomic E-state index is 0.418. The molecule has 3 aromatic rings. The van der Waals surface area contributed by atoms with Gasteiger partial charge in [-0.2, -0.15) is 0 Å². The van der Waals surface area contributed by atoms with Gasteiger partial charge in [0.15, 0.2) is 5.82 Å². The molecule has 0 atom stereocenters. The first-order chi connectivity index (χ1) is 20.0. The standard InChI is InChI=1S/C32H46N8O/c1-4-26-32(35-23-8-6-5-7-9-23)37-29-25(21-34-31(33)30(29)36-26)22-10-11-27(28(20-22)41-3)40-18-16-39(17-19-40)24-12-14-38(2)15-13-24/h10-11,20-21,23-24H,4-9,12-19H2,1-3H3,(H2,33,34)(H,35,37). The molecule has 1 aliphatic carbocycles. The van der Waals surface area contributed by atoms with Crippen LogP contribution in [0.25, 0.3) is 22.2 Å². The lowest BCUT2D eigenvalue weighted by molar-refractivity contribution is 0.115. The van der Waals surface area contributed by atoms with Gasteiger partial charge >= 0.3 is 0 Å². The van der Waals surface area contributed by atoms with E-state index in [0.29, 0.717) is 17.4 Å². The van der Waals surface area contributed by atoms with E-state index in [1.807, 2.05) is 6.20 Å². The summed E-state index contributed by atoms with van der Waals surface area (Å²) in [5, 5.41) is 3.72. The molecule has 41 heavy (non-hydrogen) atoms. The Morgan fingerprint density at radius 3 is 2.41 bits per heavy atom. The molecule has 0 unspecified atom stereocenters. The molecule has 9 heteroatoms. The third-order valence-electron chi connectivity index (χ3n) is 9.43. The number of likely N-dealkylation sites (tertiary alicyclic amines) is 1. The lowest BCUT2D eigenvalue weighted by Crippen LogP contribution is -2.53. The van der Waals surface area contributed by atoms with Gasteiger partial charge in [0.1, 0.15) is 22.6 Å². The van der Waals surface area contributed by atoms with E-state index >= 15 is 0 Å². The van der Waals surface area contributed by atoms with Gasteiger partial charge in [0.25, 0.3) is 0 Å². The highest BCUT2D eigenvalue weighted by Crippen LogP contribution is 2.37. The third-order valence-corrected chi connectivity index (χ3v) is 9.43. The van der Waals surface area contributed by atoms with Crippen molar-refractivity contribution in [2.24, 2.45) is 0 Å². The smallest absolute Gasteiger partial charge is 0.151 e. The summed E-state index contributed by atoms with van der Waals surface area (Å²) in [7, 11) is 3.99. The van der Waals surface area contributed by atoms with E-state index in [1.54, 1.807) is 7.11 Å². The second-order valence-corrected chi connectivity index (χ2v) is 12.1. The van der Waals surface area contributed by atoms with Gasteiger partial charge < -0.3 is 25.6 Å². The van der Waals surface area contributed by atoms with Crippen molar-refractivity contribution in [3.05, 3.63) is 30.1 Å². The summed E-state index contributed by atoms with van der Waals surface area (Å²) in [6, 6.07) is 7.64. The number of ether oxygens (including phenoxy) is 1. The summed E-state index contributed by atoms with van der Waals surface area (Å²) >= 11 is 0. The van der Waals surface area contributed by atoms with Crippen molar-refractivity contribution in [1.82, 2.24) is 24.8 Å². The highest BCUT2D eigenvalue weighted by molar-refractivity contribution is 5.97. The van der Waals surface area contributed by atoms with Crippen molar-refractivity contribution in [2.75, 3.05) is 69.4 Å². The number of aryl methyl sites for hydroxylation is 1. The summed E-state index contributed by atoms with van der Waals surface area (Å²) in [5.74, 6) is 2.17. The molecule has 220 valence electrons. The van der Waals surface area contributed by atoms with Gasteiger partial charge in [-0.1, -0.05) is 32.3 Å². The Labute approximate surface area is 244 Å². The van der Waals surface area contributed by atoms with E-state index < -0.39 is 0 Å². The lowest BCUT2D eigenvalue weighted by atomic mass is 9.95. The van der Waals surface area contributed by atoms with Crippen LogP contribution >= 0.6 is 0 Å². The predicted octanol–water partition coefficient (Wildman–Crippen LogP) is 4.81. The maximum Gasteiger partial charge on any atom is 0.151 e. The Kier molecular flexibility index (Phi) is 8.44. The van der Waals surface area contributed by atoms with E-state index in [1.165, 1.54) is 58.0 Å². The topological polar surface area (TPSA) is 95.7 Å². The van der Waals surface area contributed by atoms with Crippen molar-refractivity contribution < 1.29 is 4.74 Å². The van der Waals surface area contributed by atoms with Gasteiger partial charge in [-0.3, -0.25) is 4.90 Å². The van der Waals surface area contributed by atoms with E-state index in [9.17, 15) is 0 Å². The molecular formula is C32H46N8O. The number of nitrogens with two attached hydrogens (primary N) is 1. The molecule has 1 saturated carbocycles.